The van der Waals surface area contributed by atoms with Crippen molar-refractivity contribution in [1.29, 1.82) is 0 Å². The van der Waals surface area contributed by atoms with Gasteiger partial charge in [0, 0.05) is 40.3 Å². The Morgan fingerprint density at radius 1 is 0.821 bits per heavy atom. The van der Waals surface area contributed by atoms with Crippen molar-refractivity contribution in [3.8, 4) is 0 Å². The van der Waals surface area contributed by atoms with E-state index in [1.165, 1.54) is 0 Å². The molecule has 21 heteroatoms. The Hall–Kier alpha value is -5.21. The number of rotatable bonds is 11. The molecule has 0 spiro atoms. The Bertz CT molecular complexity index is 2300. The fraction of sp³-hybridized carbons (Fsp3) is 0.371. The van der Waals surface area contributed by atoms with Gasteiger partial charge < -0.3 is 25.4 Å². The molecule has 4 N–H and O–H groups in total. The summed E-state index contributed by atoms with van der Waals surface area (Å²) in [6, 6.07) is 6.07. The summed E-state index contributed by atoms with van der Waals surface area (Å²) in [6.07, 6.45) is -15.0. The number of nitrogens with zero attached hydrogens (tertiary/aromatic N) is 2. The number of anilines is 2. The van der Waals surface area contributed by atoms with Gasteiger partial charge in [0.1, 0.15) is 11.6 Å². The van der Waals surface area contributed by atoms with E-state index in [2.05, 4.69) is 9.68 Å². The summed E-state index contributed by atoms with van der Waals surface area (Å²) < 4.78 is 121. The summed E-state index contributed by atoms with van der Waals surface area (Å²) in [4.78, 5) is 50.5. The predicted molar refractivity (Wildman–Crippen MR) is 184 cm³/mol. The lowest BCUT2D eigenvalue weighted by Gasteiger charge is -2.37. The number of hydrogen-bond acceptors (Lipinski definition) is 9. The number of nitrogens with one attached hydrogen (secondary N) is 2. The molecule has 302 valence electrons. The van der Waals surface area contributed by atoms with Crippen molar-refractivity contribution in [2.24, 2.45) is 0 Å². The van der Waals surface area contributed by atoms with Gasteiger partial charge in [-0.25, -0.2) is 13.6 Å². The van der Waals surface area contributed by atoms with Crippen molar-refractivity contribution in [3.05, 3.63) is 103 Å². The minimum Gasteiger partial charge on any atom is -0.373 e. The first-order valence-electron chi connectivity index (χ1n) is 16.0. The van der Waals surface area contributed by atoms with Crippen LogP contribution in [0, 0.1) is 28.7 Å². The zero-order chi connectivity index (χ0) is 42.6. The van der Waals surface area contributed by atoms with E-state index < -0.39 is 115 Å². The van der Waals surface area contributed by atoms with Crippen LogP contribution >= 0.6 is 11.6 Å². The fourth-order valence-corrected chi connectivity index (χ4v) is 6.72. The molecule has 0 radical (unpaired) electrons. The first-order valence-corrected chi connectivity index (χ1v) is 16.4. The Morgan fingerprint density at radius 3 is 1.82 bits per heavy atom. The summed E-state index contributed by atoms with van der Waals surface area (Å²) in [6.45, 7) is 5.15. The van der Waals surface area contributed by atoms with Crippen molar-refractivity contribution in [1.82, 2.24) is 5.16 Å². The van der Waals surface area contributed by atoms with Crippen molar-refractivity contribution in [3.63, 3.8) is 0 Å². The molecule has 3 aromatic carbocycles. The van der Waals surface area contributed by atoms with Crippen molar-refractivity contribution in [2.45, 2.75) is 81.8 Å². The molecule has 56 heavy (non-hydrogen) atoms. The normalized spacial score (nSPS) is 14.9. The monoisotopic (exact) mass is 822 g/mol. The van der Waals surface area contributed by atoms with Gasteiger partial charge in [-0.2, -0.15) is 26.3 Å². The van der Waals surface area contributed by atoms with Crippen LogP contribution in [0.5, 0.6) is 0 Å². The van der Waals surface area contributed by atoms with E-state index in [1.807, 2.05) is 0 Å². The maximum absolute atomic E-state index is 14.8. The summed E-state index contributed by atoms with van der Waals surface area (Å²) in [5.74, 6) is -6.67. The SMILES string of the molecule is Cc1noc(=O)c2ccc(NC(=O)C(O)(CC(C)(C)c3cc(F)ccc3Cl)C(F)(F)F)c(NC(=O)C(O)(CC(C)(C)c3cc(F)ccc3[N+](=O)[O-])C(F)(F)F)c12. The molecule has 12 nitrogen and oxygen atoms in total. The summed E-state index contributed by atoms with van der Waals surface area (Å²) in [5, 5.41) is 39.4. The van der Waals surface area contributed by atoms with Crippen LogP contribution in [0.25, 0.3) is 10.8 Å². The number of nitro groups is 1. The second kappa shape index (κ2) is 14.7. The first-order chi connectivity index (χ1) is 25.5. The van der Waals surface area contributed by atoms with E-state index in [9.17, 15) is 69.8 Å². The molecular formula is C35H31ClF8N4O8. The molecule has 4 aromatic rings. The number of hydrogen-bond donors (Lipinski definition) is 4. The molecule has 4 rings (SSSR count). The molecule has 0 bridgehead atoms. The summed E-state index contributed by atoms with van der Waals surface area (Å²) >= 11 is 6.10. The minimum atomic E-state index is -5.92. The highest BCUT2D eigenvalue weighted by atomic mass is 35.5. The van der Waals surface area contributed by atoms with Crippen LogP contribution in [0.15, 0.2) is 57.8 Å². The third-order valence-electron chi connectivity index (χ3n) is 9.17. The minimum absolute atomic E-state index is 0.227. The average molecular weight is 823 g/mol. The van der Waals surface area contributed by atoms with Gasteiger partial charge in [-0.1, -0.05) is 44.5 Å². The standard InChI is InChI=1S/C35H31ClF8N4O8/c1-16-25-19(27(49)56-47-16)8-10-23(45-28(50)32(52,34(39,40)41)14-30(2,3)20-12-17(37)6-9-22(20)36)26(25)46-29(51)33(53,35(42,43)44)15-31(4,5)21-13-18(38)7-11-24(21)48(54)55/h6-13,52-53H,14-15H2,1-5H3,(H,45,50)(H,46,51). The molecule has 0 aliphatic heterocycles. The van der Waals surface area contributed by atoms with Gasteiger partial charge >= 0.3 is 18.0 Å². The third kappa shape index (κ3) is 8.17. The van der Waals surface area contributed by atoms with Gasteiger partial charge in [-0.15, -0.1) is 0 Å². The highest BCUT2D eigenvalue weighted by molar-refractivity contribution is 6.31. The number of aryl methyl sites for hydroxylation is 1. The summed E-state index contributed by atoms with van der Waals surface area (Å²) in [7, 11) is 0. The summed E-state index contributed by atoms with van der Waals surface area (Å²) in [5.41, 5.74) is -18.4. The average Bonchev–Trinajstić information content (AvgIpc) is 3.06. The molecular weight excluding hydrogens is 792 g/mol. The number of alkyl halides is 6. The topological polar surface area (TPSA) is 185 Å². The van der Waals surface area contributed by atoms with Crippen LogP contribution in [-0.4, -0.2) is 55.7 Å². The molecule has 0 aliphatic rings. The number of amides is 2. The predicted octanol–water partition coefficient (Wildman–Crippen LogP) is 7.54. The van der Waals surface area contributed by atoms with E-state index >= 15 is 0 Å². The van der Waals surface area contributed by atoms with Crippen molar-refractivity contribution >= 4 is 51.2 Å². The number of carbonyl (C=O) groups is 2. The van der Waals surface area contributed by atoms with E-state index in [4.69, 9.17) is 11.6 Å². The molecule has 0 fully saturated rings. The smallest absolute Gasteiger partial charge is 0.373 e. The zero-order valence-corrected chi connectivity index (χ0v) is 30.4. The lowest BCUT2D eigenvalue weighted by atomic mass is 9.73. The molecule has 2 amide bonds. The van der Waals surface area contributed by atoms with E-state index in [-0.39, 0.29) is 16.3 Å². The third-order valence-corrected chi connectivity index (χ3v) is 9.50. The van der Waals surface area contributed by atoms with Crippen LogP contribution < -0.4 is 16.3 Å². The van der Waals surface area contributed by atoms with E-state index in [1.54, 1.807) is 10.6 Å². The molecule has 1 aromatic heterocycles. The number of fused-ring (bicyclic) bond motifs is 1. The quantitative estimate of drug-likeness (QED) is 0.0674. The molecule has 2 atom stereocenters. The lowest BCUT2D eigenvalue weighted by Crippen LogP contribution is -2.58. The Labute approximate surface area is 315 Å². The Balaban J connectivity index is 1.87. The number of halogens is 9. The van der Waals surface area contributed by atoms with Crippen LogP contribution in [0.3, 0.4) is 0 Å². The maximum Gasteiger partial charge on any atom is 0.426 e. The van der Waals surface area contributed by atoms with Crippen LogP contribution in [0.1, 0.15) is 57.4 Å². The Morgan fingerprint density at radius 2 is 1.30 bits per heavy atom. The number of aromatic nitrogens is 1. The molecule has 0 saturated heterocycles. The molecule has 0 aliphatic carbocycles. The van der Waals surface area contributed by atoms with E-state index in [0.29, 0.717) is 24.3 Å². The highest BCUT2D eigenvalue weighted by Crippen LogP contribution is 2.47. The van der Waals surface area contributed by atoms with Crippen molar-refractivity contribution in [2.75, 3.05) is 10.6 Å². The first kappa shape index (κ1) is 43.5. The largest absolute Gasteiger partial charge is 0.426 e. The maximum atomic E-state index is 14.8. The second-order valence-electron chi connectivity index (χ2n) is 14.3. The van der Waals surface area contributed by atoms with Gasteiger partial charge in [0.15, 0.2) is 0 Å². The van der Waals surface area contributed by atoms with Gasteiger partial charge in [0.05, 0.1) is 27.4 Å². The second-order valence-corrected chi connectivity index (χ2v) is 14.7. The van der Waals surface area contributed by atoms with Gasteiger partial charge in [-0.3, -0.25) is 19.7 Å². The molecule has 1 heterocycles. The van der Waals surface area contributed by atoms with Gasteiger partial charge in [-0.05, 0) is 60.4 Å². The van der Waals surface area contributed by atoms with Gasteiger partial charge in [0.2, 0.25) is 11.2 Å². The van der Waals surface area contributed by atoms with Crippen LogP contribution in [-0.2, 0) is 20.4 Å². The van der Waals surface area contributed by atoms with Crippen LogP contribution in [0.4, 0.5) is 52.2 Å². The Kier molecular flexibility index (Phi) is 11.4. The fourth-order valence-electron chi connectivity index (χ4n) is 6.34. The van der Waals surface area contributed by atoms with Crippen molar-refractivity contribution < 1.29 is 64.4 Å². The van der Waals surface area contributed by atoms with Crippen LogP contribution in [0.2, 0.25) is 5.02 Å². The number of benzene rings is 3. The lowest BCUT2D eigenvalue weighted by molar-refractivity contribution is -0.386. The zero-order valence-electron chi connectivity index (χ0n) is 29.7. The number of aliphatic hydroxyl groups is 2. The molecule has 2 unspecified atom stereocenters. The van der Waals surface area contributed by atoms with E-state index in [0.717, 1.165) is 58.9 Å². The van der Waals surface area contributed by atoms with Gasteiger partial charge in [0.25, 0.3) is 17.5 Å². The number of nitro benzene ring substituents is 1. The number of carbonyl (C=O) groups excluding carboxylic acids is 2. The highest BCUT2D eigenvalue weighted by Gasteiger charge is 2.63. The molecule has 0 saturated carbocycles.